The normalized spacial score (nSPS) is 10.1. The summed E-state index contributed by atoms with van der Waals surface area (Å²) in [6, 6.07) is 1.11. The molecule has 0 fully saturated rings. The van der Waals surface area contributed by atoms with E-state index in [9.17, 15) is 10.1 Å². The quantitative estimate of drug-likeness (QED) is 0.342. The molecule has 0 saturated heterocycles. The first-order valence-electron chi connectivity index (χ1n) is 3.06. The Morgan fingerprint density at radius 3 is 2.54 bits per heavy atom. The predicted molar refractivity (Wildman–Crippen MR) is 54.8 cm³/mol. The van der Waals surface area contributed by atoms with Gasteiger partial charge in [-0.1, -0.05) is 23.2 Å². The van der Waals surface area contributed by atoms with Gasteiger partial charge in [-0.3, -0.25) is 10.1 Å². The smallest absolute Gasteiger partial charge is 0.291 e. The third-order valence-corrected chi connectivity index (χ3v) is 2.71. The molecule has 70 valence electrons. The molecule has 0 heterocycles. The molecule has 0 aromatic heterocycles. The summed E-state index contributed by atoms with van der Waals surface area (Å²) in [5, 5.41) is 10.4. The van der Waals surface area contributed by atoms with E-state index in [1.165, 1.54) is 0 Å². The lowest BCUT2D eigenvalue weighted by molar-refractivity contribution is -0.384. The Balaban J connectivity index is 3.50. The summed E-state index contributed by atoms with van der Waals surface area (Å²) < 4.78 is 0. The second-order valence-corrected chi connectivity index (χ2v) is 3.44. The van der Waals surface area contributed by atoms with Crippen LogP contribution >= 0.6 is 35.8 Å². The topological polar surface area (TPSA) is 69.2 Å². The zero-order valence-electron chi connectivity index (χ0n) is 6.12. The number of hydrogen-bond acceptors (Lipinski definition) is 4. The number of nitrogens with two attached hydrogens (primary N) is 1. The lowest BCUT2D eigenvalue weighted by Gasteiger charge is -2.04. The van der Waals surface area contributed by atoms with Crippen molar-refractivity contribution in [3.63, 3.8) is 0 Å². The molecule has 0 amide bonds. The van der Waals surface area contributed by atoms with Crippen LogP contribution in [-0.2, 0) is 0 Å². The zero-order valence-corrected chi connectivity index (χ0v) is 8.53. The Labute approximate surface area is 89.2 Å². The Morgan fingerprint density at radius 2 is 2.08 bits per heavy atom. The van der Waals surface area contributed by atoms with Crippen LogP contribution in [0.4, 0.5) is 11.4 Å². The van der Waals surface area contributed by atoms with Crippen molar-refractivity contribution in [3.05, 3.63) is 26.2 Å². The molecule has 0 aliphatic heterocycles. The molecule has 0 unspecified atom stereocenters. The highest BCUT2D eigenvalue weighted by Gasteiger charge is 2.19. The van der Waals surface area contributed by atoms with Crippen molar-refractivity contribution in [3.8, 4) is 0 Å². The number of benzene rings is 1. The van der Waals surface area contributed by atoms with Gasteiger partial charge in [-0.2, -0.15) is 0 Å². The predicted octanol–water partition coefficient (Wildman–Crippen LogP) is 2.77. The summed E-state index contributed by atoms with van der Waals surface area (Å²) in [5.41, 5.74) is 5.12. The molecule has 0 atom stereocenters. The first-order chi connectivity index (χ1) is 5.95. The second-order valence-electron chi connectivity index (χ2n) is 2.21. The number of thiol groups is 1. The van der Waals surface area contributed by atoms with Gasteiger partial charge >= 0.3 is 0 Å². The van der Waals surface area contributed by atoms with Crippen LogP contribution in [-0.4, -0.2) is 4.92 Å². The van der Waals surface area contributed by atoms with Crippen molar-refractivity contribution >= 4 is 47.2 Å². The van der Waals surface area contributed by atoms with E-state index >= 15 is 0 Å². The van der Waals surface area contributed by atoms with Gasteiger partial charge in [0.05, 0.1) is 15.6 Å². The van der Waals surface area contributed by atoms with E-state index in [2.05, 4.69) is 12.6 Å². The first kappa shape index (κ1) is 10.4. The zero-order chi connectivity index (χ0) is 10.2. The summed E-state index contributed by atoms with van der Waals surface area (Å²) in [5.74, 6) is 0. The standard InChI is InChI=1S/C6H4Cl2N2O2S/c7-2-1-3(10(11)12)4(8)5(9)6(2)13/h1,13H,9H2. The van der Waals surface area contributed by atoms with Crippen molar-refractivity contribution in [2.75, 3.05) is 5.73 Å². The van der Waals surface area contributed by atoms with Crippen LogP contribution in [0.2, 0.25) is 10.0 Å². The molecule has 0 aliphatic carbocycles. The van der Waals surface area contributed by atoms with Gasteiger partial charge in [0.15, 0.2) is 0 Å². The summed E-state index contributed by atoms with van der Waals surface area (Å²) in [6.07, 6.45) is 0. The van der Waals surface area contributed by atoms with Crippen LogP contribution in [0.1, 0.15) is 0 Å². The van der Waals surface area contributed by atoms with Gasteiger partial charge in [0, 0.05) is 11.0 Å². The monoisotopic (exact) mass is 238 g/mol. The fourth-order valence-corrected chi connectivity index (χ4v) is 1.42. The van der Waals surface area contributed by atoms with Gasteiger partial charge in [0.2, 0.25) is 0 Å². The second kappa shape index (κ2) is 3.61. The molecule has 0 radical (unpaired) electrons. The SMILES string of the molecule is Nc1c(S)c(Cl)cc([N+](=O)[O-])c1Cl. The van der Waals surface area contributed by atoms with Gasteiger partial charge in [-0.05, 0) is 0 Å². The van der Waals surface area contributed by atoms with Crippen molar-refractivity contribution in [1.29, 1.82) is 0 Å². The maximum Gasteiger partial charge on any atom is 0.291 e. The van der Waals surface area contributed by atoms with E-state index in [0.717, 1.165) is 6.07 Å². The Kier molecular flexibility index (Phi) is 2.90. The molecule has 0 saturated carbocycles. The van der Waals surface area contributed by atoms with Crippen LogP contribution in [0, 0.1) is 10.1 Å². The summed E-state index contributed by atoms with van der Waals surface area (Å²) in [4.78, 5) is 10.0. The van der Waals surface area contributed by atoms with E-state index in [-0.39, 0.29) is 26.3 Å². The highest BCUT2D eigenvalue weighted by molar-refractivity contribution is 7.80. The summed E-state index contributed by atoms with van der Waals surface area (Å²) in [6.45, 7) is 0. The molecule has 4 nitrogen and oxygen atoms in total. The van der Waals surface area contributed by atoms with Gasteiger partial charge in [0.25, 0.3) is 5.69 Å². The van der Waals surface area contributed by atoms with Gasteiger partial charge in [0.1, 0.15) is 5.02 Å². The molecule has 1 aromatic rings. The van der Waals surface area contributed by atoms with E-state index in [4.69, 9.17) is 28.9 Å². The molecule has 13 heavy (non-hydrogen) atoms. The number of anilines is 1. The van der Waals surface area contributed by atoms with Crippen molar-refractivity contribution in [2.24, 2.45) is 0 Å². The maximum absolute atomic E-state index is 10.4. The molecule has 2 N–H and O–H groups in total. The number of halogens is 2. The largest absolute Gasteiger partial charge is 0.396 e. The number of nitrogens with zero attached hydrogens (tertiary/aromatic N) is 1. The third kappa shape index (κ3) is 1.82. The molecule has 1 aromatic carbocycles. The molecule has 0 aliphatic rings. The fraction of sp³-hybridized carbons (Fsp3) is 0. The Bertz CT molecular complexity index is 383. The number of hydrogen-bond donors (Lipinski definition) is 2. The molecular weight excluding hydrogens is 235 g/mol. The average molecular weight is 239 g/mol. The molecule has 1 rings (SSSR count). The van der Waals surface area contributed by atoms with Crippen molar-refractivity contribution in [1.82, 2.24) is 0 Å². The molecule has 7 heteroatoms. The number of nitro benzene ring substituents is 1. The molecule has 0 spiro atoms. The van der Waals surface area contributed by atoms with E-state index in [1.54, 1.807) is 0 Å². The number of nitro groups is 1. The lowest BCUT2D eigenvalue weighted by atomic mass is 10.3. The van der Waals surface area contributed by atoms with E-state index < -0.39 is 4.92 Å². The minimum atomic E-state index is -0.655. The highest BCUT2D eigenvalue weighted by Crippen LogP contribution is 2.39. The van der Waals surface area contributed by atoms with Crippen LogP contribution in [0.15, 0.2) is 11.0 Å². The highest BCUT2D eigenvalue weighted by atomic mass is 35.5. The summed E-state index contributed by atoms with van der Waals surface area (Å²) >= 11 is 15.1. The van der Waals surface area contributed by atoms with E-state index in [0.29, 0.717) is 0 Å². The lowest BCUT2D eigenvalue weighted by Crippen LogP contribution is -1.95. The summed E-state index contributed by atoms with van der Waals surface area (Å²) in [7, 11) is 0. The average Bonchev–Trinajstić information content (AvgIpc) is 2.07. The Morgan fingerprint density at radius 1 is 1.54 bits per heavy atom. The maximum atomic E-state index is 10.4. The van der Waals surface area contributed by atoms with Gasteiger partial charge in [-0.15, -0.1) is 12.6 Å². The Hall–Kier alpha value is -0.650. The van der Waals surface area contributed by atoms with Crippen LogP contribution < -0.4 is 5.73 Å². The number of nitrogen functional groups attached to an aromatic ring is 1. The molecular formula is C6H4Cl2N2O2S. The minimum absolute atomic E-state index is 0.0178. The van der Waals surface area contributed by atoms with Crippen LogP contribution in [0.5, 0.6) is 0 Å². The fourth-order valence-electron chi connectivity index (χ4n) is 0.755. The van der Waals surface area contributed by atoms with Crippen molar-refractivity contribution < 1.29 is 4.92 Å². The first-order valence-corrected chi connectivity index (χ1v) is 4.26. The van der Waals surface area contributed by atoms with Gasteiger partial charge in [-0.25, -0.2) is 0 Å². The van der Waals surface area contributed by atoms with Gasteiger partial charge < -0.3 is 5.73 Å². The number of rotatable bonds is 1. The minimum Gasteiger partial charge on any atom is -0.396 e. The van der Waals surface area contributed by atoms with Crippen LogP contribution in [0.25, 0.3) is 0 Å². The molecule has 0 bridgehead atoms. The van der Waals surface area contributed by atoms with Crippen molar-refractivity contribution in [2.45, 2.75) is 4.90 Å². The van der Waals surface area contributed by atoms with Crippen LogP contribution in [0.3, 0.4) is 0 Å². The van der Waals surface area contributed by atoms with E-state index in [1.807, 2.05) is 0 Å². The third-order valence-electron chi connectivity index (χ3n) is 1.40.